The van der Waals surface area contributed by atoms with Crippen molar-refractivity contribution >= 4 is 11.9 Å². The van der Waals surface area contributed by atoms with Crippen molar-refractivity contribution < 1.29 is 18.7 Å². The molecule has 4 rings (SSSR count). The Labute approximate surface area is 154 Å². The minimum atomic E-state index is -1.11. The highest BCUT2D eigenvalue weighted by Crippen LogP contribution is 2.53. The van der Waals surface area contributed by atoms with Crippen molar-refractivity contribution in [3.63, 3.8) is 0 Å². The molecule has 2 atom stereocenters. The lowest BCUT2D eigenvalue weighted by Crippen LogP contribution is -2.59. The number of likely N-dealkylation sites (tertiary alicyclic amines) is 1. The Balaban J connectivity index is 1.54. The fourth-order valence-corrected chi connectivity index (χ4v) is 4.64. The Morgan fingerprint density at radius 2 is 1.88 bits per heavy atom. The van der Waals surface area contributed by atoms with Gasteiger partial charge in [-0.1, -0.05) is 0 Å². The van der Waals surface area contributed by atoms with E-state index >= 15 is 0 Å². The van der Waals surface area contributed by atoms with Crippen LogP contribution in [0.3, 0.4) is 0 Å². The highest BCUT2D eigenvalue weighted by atomic mass is 19.1. The molecule has 4 fully saturated rings. The third kappa shape index (κ3) is 3.57. The Bertz CT molecular complexity index is 591. The average molecular weight is 365 g/mol. The molecule has 26 heavy (non-hydrogen) atoms. The Hall–Kier alpha value is -1.68. The van der Waals surface area contributed by atoms with Gasteiger partial charge in [0.05, 0.1) is 30.7 Å². The van der Waals surface area contributed by atoms with Crippen LogP contribution in [0.4, 0.5) is 4.39 Å². The van der Waals surface area contributed by atoms with Gasteiger partial charge in [-0.05, 0) is 52.4 Å². The second kappa shape index (κ2) is 7.15. The van der Waals surface area contributed by atoms with E-state index in [4.69, 9.17) is 10.00 Å². The summed E-state index contributed by atoms with van der Waals surface area (Å²) in [7, 11) is 0. The number of nitrogens with zero attached hydrogens (tertiary/aromatic N) is 2. The smallest absolute Gasteiger partial charge is 0.312 e. The predicted molar refractivity (Wildman–Crippen MR) is 92.7 cm³/mol. The number of nitriles is 1. The van der Waals surface area contributed by atoms with Gasteiger partial charge >= 0.3 is 5.97 Å². The maximum Gasteiger partial charge on any atom is 0.312 e. The summed E-state index contributed by atoms with van der Waals surface area (Å²) in [4.78, 5) is 26.3. The summed E-state index contributed by atoms with van der Waals surface area (Å²) < 4.78 is 19.0. The van der Waals surface area contributed by atoms with E-state index in [1.807, 2.05) is 19.9 Å². The van der Waals surface area contributed by atoms with Crippen LogP contribution in [0.5, 0.6) is 0 Å². The van der Waals surface area contributed by atoms with Gasteiger partial charge in [-0.15, -0.1) is 0 Å². The topological polar surface area (TPSA) is 82.4 Å². The second-order valence-corrected chi connectivity index (χ2v) is 8.39. The van der Waals surface area contributed by atoms with Crippen LogP contribution >= 0.6 is 0 Å². The fourth-order valence-electron chi connectivity index (χ4n) is 4.64. The first-order valence-corrected chi connectivity index (χ1v) is 9.58. The number of hydrogen-bond donors (Lipinski definition) is 1. The van der Waals surface area contributed by atoms with Crippen molar-refractivity contribution in [1.82, 2.24) is 10.2 Å². The monoisotopic (exact) mass is 365 g/mol. The lowest BCUT2D eigenvalue weighted by atomic mass is 9.57. The van der Waals surface area contributed by atoms with E-state index in [9.17, 15) is 14.0 Å². The van der Waals surface area contributed by atoms with Crippen molar-refractivity contribution in [3.8, 4) is 6.07 Å². The van der Waals surface area contributed by atoms with Crippen LogP contribution in [0.2, 0.25) is 0 Å². The fraction of sp³-hybridized carbons (Fsp3) is 0.842. The maximum absolute atomic E-state index is 13.5. The van der Waals surface area contributed by atoms with Crippen molar-refractivity contribution in [2.24, 2.45) is 5.41 Å². The van der Waals surface area contributed by atoms with E-state index < -0.39 is 12.2 Å². The molecule has 1 N–H and O–H groups in total. The van der Waals surface area contributed by atoms with Gasteiger partial charge in [0, 0.05) is 12.0 Å². The first-order chi connectivity index (χ1) is 12.3. The number of halogens is 1. The molecule has 1 saturated heterocycles. The molecule has 7 heteroatoms. The molecule has 1 heterocycles. The first kappa shape index (κ1) is 19.1. The molecule has 1 amide bonds. The molecule has 3 saturated carbocycles. The standard InChI is InChI=1S/C19H28FN3O3/c1-13(2)26-17(25)18-3-6-19(7-4-18,8-5-18)22-11-16(24)23-12-14(20)9-15(23)10-21/h13-15,22H,3-9,11-12H2,1-2H3. The molecule has 0 radical (unpaired) electrons. The quantitative estimate of drug-likeness (QED) is 0.755. The van der Waals surface area contributed by atoms with Crippen LogP contribution in [0.25, 0.3) is 0 Å². The lowest BCUT2D eigenvalue weighted by molar-refractivity contribution is -0.168. The van der Waals surface area contributed by atoms with Crippen LogP contribution < -0.4 is 5.32 Å². The van der Waals surface area contributed by atoms with Gasteiger partial charge in [0.15, 0.2) is 0 Å². The van der Waals surface area contributed by atoms with Gasteiger partial charge in [-0.3, -0.25) is 9.59 Å². The van der Waals surface area contributed by atoms with E-state index in [2.05, 4.69) is 5.32 Å². The highest BCUT2D eigenvalue weighted by molar-refractivity contribution is 5.80. The average Bonchev–Trinajstić information content (AvgIpc) is 3.02. The Morgan fingerprint density at radius 1 is 1.27 bits per heavy atom. The first-order valence-electron chi connectivity index (χ1n) is 9.58. The summed E-state index contributed by atoms with van der Waals surface area (Å²) >= 11 is 0. The van der Waals surface area contributed by atoms with Crippen LogP contribution in [0.1, 0.15) is 58.8 Å². The van der Waals surface area contributed by atoms with Crippen LogP contribution in [0.15, 0.2) is 0 Å². The largest absolute Gasteiger partial charge is 0.463 e. The van der Waals surface area contributed by atoms with Crippen LogP contribution in [-0.4, -0.2) is 53.7 Å². The summed E-state index contributed by atoms with van der Waals surface area (Å²) in [6.07, 6.45) is 3.72. The van der Waals surface area contributed by atoms with E-state index in [1.165, 1.54) is 4.90 Å². The predicted octanol–water partition coefficient (Wildman–Crippen LogP) is 2.08. The summed E-state index contributed by atoms with van der Waals surface area (Å²) in [6, 6.07) is 1.35. The van der Waals surface area contributed by atoms with Crippen molar-refractivity contribution in [1.29, 1.82) is 5.26 Å². The summed E-state index contributed by atoms with van der Waals surface area (Å²) in [5, 5.41) is 12.5. The maximum atomic E-state index is 13.5. The summed E-state index contributed by atoms with van der Waals surface area (Å²) in [6.45, 7) is 3.86. The normalized spacial score (nSPS) is 36.2. The van der Waals surface area contributed by atoms with Crippen LogP contribution in [-0.2, 0) is 14.3 Å². The molecule has 0 spiro atoms. The minimum absolute atomic E-state index is 0.00982. The minimum Gasteiger partial charge on any atom is -0.463 e. The number of rotatable bonds is 5. The second-order valence-electron chi connectivity index (χ2n) is 8.39. The number of alkyl halides is 1. The number of carbonyl (C=O) groups excluding carboxylic acids is 2. The Kier molecular flexibility index (Phi) is 5.25. The number of hydrogen-bond acceptors (Lipinski definition) is 5. The number of amides is 1. The molecule has 0 aromatic carbocycles. The molecular weight excluding hydrogens is 337 g/mol. The van der Waals surface area contributed by atoms with E-state index in [0.717, 1.165) is 38.5 Å². The van der Waals surface area contributed by atoms with E-state index in [0.29, 0.717) is 0 Å². The van der Waals surface area contributed by atoms with E-state index in [1.54, 1.807) is 0 Å². The zero-order valence-corrected chi connectivity index (χ0v) is 15.6. The molecule has 6 nitrogen and oxygen atoms in total. The zero-order valence-electron chi connectivity index (χ0n) is 15.6. The number of esters is 1. The highest BCUT2D eigenvalue weighted by Gasteiger charge is 2.53. The molecule has 0 aromatic heterocycles. The number of carbonyl (C=O) groups is 2. The van der Waals surface area contributed by atoms with Crippen LogP contribution in [0, 0.1) is 16.7 Å². The van der Waals surface area contributed by atoms with Gasteiger partial charge in [0.1, 0.15) is 12.2 Å². The molecule has 2 bridgehead atoms. The number of fused-ring (bicyclic) bond motifs is 3. The molecule has 0 aromatic rings. The van der Waals surface area contributed by atoms with Gasteiger partial charge < -0.3 is 15.0 Å². The molecule has 4 aliphatic rings. The van der Waals surface area contributed by atoms with E-state index in [-0.39, 0.29) is 48.4 Å². The summed E-state index contributed by atoms with van der Waals surface area (Å²) in [5.41, 5.74) is -0.494. The SMILES string of the molecule is CC(C)OC(=O)C12CCC(NCC(=O)N3CC(F)CC3C#N)(CC1)CC2. The zero-order chi connectivity index (χ0) is 18.9. The molecule has 144 valence electrons. The van der Waals surface area contributed by atoms with Crippen molar-refractivity contribution in [2.45, 2.75) is 82.6 Å². The van der Waals surface area contributed by atoms with Gasteiger partial charge in [-0.2, -0.15) is 5.26 Å². The van der Waals surface area contributed by atoms with Gasteiger partial charge in [0.2, 0.25) is 5.91 Å². The van der Waals surface area contributed by atoms with Gasteiger partial charge in [0.25, 0.3) is 0 Å². The van der Waals surface area contributed by atoms with Crippen molar-refractivity contribution in [2.75, 3.05) is 13.1 Å². The lowest BCUT2D eigenvalue weighted by Gasteiger charge is -2.52. The molecule has 3 aliphatic carbocycles. The molecule has 2 unspecified atom stereocenters. The van der Waals surface area contributed by atoms with Gasteiger partial charge in [-0.25, -0.2) is 4.39 Å². The third-order valence-electron chi connectivity index (χ3n) is 6.36. The molecule has 1 aliphatic heterocycles. The summed E-state index contributed by atoms with van der Waals surface area (Å²) in [5.74, 6) is -0.299. The Morgan fingerprint density at radius 3 is 2.42 bits per heavy atom. The number of nitrogens with one attached hydrogen (secondary N) is 1. The molecular formula is C19H28FN3O3. The number of ether oxygens (including phenoxy) is 1. The third-order valence-corrected chi connectivity index (χ3v) is 6.36. The van der Waals surface area contributed by atoms with Crippen molar-refractivity contribution in [3.05, 3.63) is 0 Å².